The highest BCUT2D eigenvalue weighted by Gasteiger charge is 2.27. The predicted molar refractivity (Wildman–Crippen MR) is 87.6 cm³/mol. The molecule has 0 saturated carbocycles. The molecule has 1 N–H and O–H groups in total. The van der Waals surface area contributed by atoms with Gasteiger partial charge in [-0.1, -0.05) is 0 Å². The Morgan fingerprint density at radius 3 is 2.90 bits per heavy atom. The Balaban J connectivity index is 1.86. The summed E-state index contributed by atoms with van der Waals surface area (Å²) in [7, 11) is 3.60. The third kappa shape index (κ3) is 4.28. The maximum atomic E-state index is 12.3. The number of nitrogens with zero attached hydrogens (tertiary/aromatic N) is 2. The van der Waals surface area contributed by atoms with Crippen LogP contribution in [0.4, 0.5) is 0 Å². The van der Waals surface area contributed by atoms with Crippen LogP contribution in [0, 0.1) is 5.92 Å². The van der Waals surface area contributed by atoms with E-state index in [1.807, 2.05) is 18.0 Å². The fourth-order valence-corrected chi connectivity index (χ4v) is 3.89. The molecule has 2 amide bonds. The molecule has 1 fully saturated rings. The number of halogens is 1. The molecule has 7 heteroatoms. The smallest absolute Gasteiger partial charge is 0.264 e. The van der Waals surface area contributed by atoms with Gasteiger partial charge in [-0.25, -0.2) is 0 Å². The normalized spacial score (nSPS) is 18.0. The summed E-state index contributed by atoms with van der Waals surface area (Å²) < 4.78 is 0.917. The molecule has 21 heavy (non-hydrogen) atoms. The summed E-state index contributed by atoms with van der Waals surface area (Å²) in [5, 5.41) is 3.15. The summed E-state index contributed by atoms with van der Waals surface area (Å²) in [6, 6.07) is 3.62. The Morgan fingerprint density at radius 2 is 2.29 bits per heavy atom. The van der Waals surface area contributed by atoms with Gasteiger partial charge in [-0.2, -0.15) is 0 Å². The van der Waals surface area contributed by atoms with Crippen molar-refractivity contribution in [3.63, 3.8) is 0 Å². The first-order valence-corrected chi connectivity index (χ1v) is 8.55. The first-order valence-electron chi connectivity index (χ1n) is 6.94. The minimum atomic E-state index is -0.106. The van der Waals surface area contributed by atoms with E-state index in [4.69, 9.17) is 0 Å². The lowest BCUT2D eigenvalue weighted by molar-refractivity contribution is -0.130. The number of likely N-dealkylation sites (N-methyl/N-ethyl adjacent to an activating group) is 1. The molecule has 1 aromatic heterocycles. The number of hydrogen-bond donors (Lipinski definition) is 1. The molecule has 1 aliphatic rings. The third-order valence-corrected chi connectivity index (χ3v) is 5.25. The van der Waals surface area contributed by atoms with E-state index in [-0.39, 0.29) is 18.4 Å². The molecule has 0 radical (unpaired) electrons. The van der Waals surface area contributed by atoms with Crippen LogP contribution < -0.4 is 5.32 Å². The molecule has 1 aromatic rings. The second kappa shape index (κ2) is 7.38. The van der Waals surface area contributed by atoms with E-state index in [1.165, 1.54) is 16.2 Å². The molecule has 0 aromatic carbocycles. The Labute approximate surface area is 137 Å². The Kier molecular flexibility index (Phi) is 5.78. The first-order chi connectivity index (χ1) is 10.0. The minimum Gasteiger partial charge on any atom is -0.341 e. The van der Waals surface area contributed by atoms with Crippen LogP contribution >= 0.6 is 27.3 Å². The van der Waals surface area contributed by atoms with Gasteiger partial charge >= 0.3 is 0 Å². The minimum absolute atomic E-state index is 0.0278. The van der Waals surface area contributed by atoms with Gasteiger partial charge in [0.05, 0.1) is 15.2 Å². The molecule has 116 valence electrons. The standard InChI is InChI=1S/C14H20BrN3O2S/c1-16-7-10-5-6-18(8-10)13(19)9-17(2)14(20)11-3-4-12(15)21-11/h3-4,10,16H,5-9H2,1-2H3. The quantitative estimate of drug-likeness (QED) is 0.853. The lowest BCUT2D eigenvalue weighted by atomic mass is 10.1. The lowest BCUT2D eigenvalue weighted by Gasteiger charge is -2.21. The number of nitrogens with one attached hydrogen (secondary N) is 1. The molecule has 0 bridgehead atoms. The number of likely N-dealkylation sites (tertiary alicyclic amines) is 1. The average Bonchev–Trinajstić information content (AvgIpc) is 3.07. The Bertz CT molecular complexity index is 520. The first kappa shape index (κ1) is 16.5. The maximum Gasteiger partial charge on any atom is 0.264 e. The molecule has 2 rings (SSSR count). The van der Waals surface area contributed by atoms with Gasteiger partial charge in [0.15, 0.2) is 0 Å². The number of carbonyl (C=O) groups is 2. The van der Waals surface area contributed by atoms with Crippen LogP contribution in [0.15, 0.2) is 15.9 Å². The fourth-order valence-electron chi connectivity index (χ4n) is 2.51. The predicted octanol–water partition coefficient (Wildman–Crippen LogP) is 1.65. The molecular formula is C14H20BrN3O2S. The summed E-state index contributed by atoms with van der Waals surface area (Å²) >= 11 is 4.73. The van der Waals surface area contributed by atoms with Crippen molar-refractivity contribution in [1.29, 1.82) is 0 Å². The molecule has 0 aliphatic carbocycles. The van der Waals surface area contributed by atoms with E-state index in [0.717, 1.165) is 29.8 Å². The van der Waals surface area contributed by atoms with Crippen LogP contribution in [-0.2, 0) is 4.79 Å². The van der Waals surface area contributed by atoms with Crippen LogP contribution in [0.5, 0.6) is 0 Å². The number of amides is 2. The van der Waals surface area contributed by atoms with Crippen molar-refractivity contribution in [3.8, 4) is 0 Å². The zero-order valence-electron chi connectivity index (χ0n) is 12.3. The molecule has 0 spiro atoms. The van der Waals surface area contributed by atoms with Crippen LogP contribution in [0.1, 0.15) is 16.1 Å². The van der Waals surface area contributed by atoms with Crippen molar-refractivity contribution < 1.29 is 9.59 Å². The highest BCUT2D eigenvalue weighted by atomic mass is 79.9. The van der Waals surface area contributed by atoms with Crippen LogP contribution in [0.2, 0.25) is 0 Å². The number of thiophene rings is 1. The van der Waals surface area contributed by atoms with Crippen molar-refractivity contribution in [2.45, 2.75) is 6.42 Å². The summed E-state index contributed by atoms with van der Waals surface area (Å²) in [5.74, 6) is 0.443. The van der Waals surface area contributed by atoms with Crippen molar-refractivity contribution in [2.75, 3.05) is 40.3 Å². The van der Waals surface area contributed by atoms with Crippen molar-refractivity contribution in [3.05, 3.63) is 20.8 Å². The molecule has 5 nitrogen and oxygen atoms in total. The second-order valence-electron chi connectivity index (χ2n) is 5.32. The van der Waals surface area contributed by atoms with Crippen LogP contribution in [0.25, 0.3) is 0 Å². The van der Waals surface area contributed by atoms with Gasteiger partial charge in [0.25, 0.3) is 5.91 Å². The van der Waals surface area contributed by atoms with E-state index in [0.29, 0.717) is 10.8 Å². The topological polar surface area (TPSA) is 52.7 Å². The van der Waals surface area contributed by atoms with Gasteiger partial charge in [-0.3, -0.25) is 9.59 Å². The zero-order chi connectivity index (χ0) is 15.4. The van der Waals surface area contributed by atoms with Crippen molar-refractivity contribution in [1.82, 2.24) is 15.1 Å². The van der Waals surface area contributed by atoms with Crippen molar-refractivity contribution in [2.24, 2.45) is 5.92 Å². The Hall–Kier alpha value is -0.920. The lowest BCUT2D eigenvalue weighted by Crippen LogP contribution is -2.40. The van der Waals surface area contributed by atoms with Gasteiger partial charge in [-0.05, 0) is 54.0 Å². The van der Waals surface area contributed by atoms with Gasteiger partial charge in [0.1, 0.15) is 0 Å². The number of carbonyl (C=O) groups excluding carboxylic acids is 2. The van der Waals surface area contributed by atoms with E-state index >= 15 is 0 Å². The summed E-state index contributed by atoms with van der Waals surface area (Å²) in [5.41, 5.74) is 0. The largest absolute Gasteiger partial charge is 0.341 e. The molecular weight excluding hydrogens is 354 g/mol. The molecule has 2 heterocycles. The Morgan fingerprint density at radius 1 is 1.52 bits per heavy atom. The molecule has 1 atom stereocenters. The second-order valence-corrected chi connectivity index (χ2v) is 7.78. The third-order valence-electron chi connectivity index (χ3n) is 3.63. The highest BCUT2D eigenvalue weighted by molar-refractivity contribution is 9.11. The zero-order valence-corrected chi connectivity index (χ0v) is 14.7. The van der Waals surface area contributed by atoms with Gasteiger partial charge < -0.3 is 15.1 Å². The van der Waals surface area contributed by atoms with E-state index < -0.39 is 0 Å². The fraction of sp³-hybridized carbons (Fsp3) is 0.571. The van der Waals surface area contributed by atoms with E-state index in [9.17, 15) is 9.59 Å². The summed E-state index contributed by atoms with van der Waals surface area (Å²) in [6.07, 6.45) is 1.03. The van der Waals surface area contributed by atoms with Crippen LogP contribution in [-0.4, -0.2) is 61.9 Å². The monoisotopic (exact) mass is 373 g/mol. The molecule has 1 aliphatic heterocycles. The number of rotatable bonds is 5. The molecule has 1 unspecified atom stereocenters. The van der Waals surface area contributed by atoms with Crippen LogP contribution in [0.3, 0.4) is 0 Å². The maximum absolute atomic E-state index is 12.3. The SMILES string of the molecule is CNCC1CCN(C(=O)CN(C)C(=O)c2ccc(Br)s2)C1. The summed E-state index contributed by atoms with van der Waals surface area (Å²) in [4.78, 5) is 28.5. The van der Waals surface area contributed by atoms with Crippen molar-refractivity contribution >= 4 is 39.1 Å². The van der Waals surface area contributed by atoms with E-state index in [2.05, 4.69) is 21.2 Å². The average molecular weight is 374 g/mol. The highest BCUT2D eigenvalue weighted by Crippen LogP contribution is 2.23. The molecule has 1 saturated heterocycles. The van der Waals surface area contributed by atoms with Gasteiger partial charge in [0, 0.05) is 20.1 Å². The van der Waals surface area contributed by atoms with Gasteiger partial charge in [-0.15, -0.1) is 11.3 Å². The van der Waals surface area contributed by atoms with E-state index in [1.54, 1.807) is 13.1 Å². The van der Waals surface area contributed by atoms with Gasteiger partial charge in [0.2, 0.25) is 5.91 Å². The number of hydrogen-bond acceptors (Lipinski definition) is 4. The summed E-state index contributed by atoms with van der Waals surface area (Å²) in [6.45, 7) is 2.65.